The summed E-state index contributed by atoms with van der Waals surface area (Å²) in [5.74, 6) is 2.64. The van der Waals surface area contributed by atoms with Crippen molar-refractivity contribution in [1.82, 2.24) is 24.8 Å². The molecule has 0 aliphatic heterocycles. The van der Waals surface area contributed by atoms with Gasteiger partial charge in [-0.15, -0.1) is 0 Å². The number of nitrogens with one attached hydrogen (secondary N) is 2. The maximum absolute atomic E-state index is 12.4. The van der Waals surface area contributed by atoms with Gasteiger partial charge in [-0.25, -0.2) is 15.0 Å². The van der Waals surface area contributed by atoms with E-state index in [1.807, 2.05) is 83.4 Å². The predicted molar refractivity (Wildman–Crippen MR) is 148 cm³/mol. The molecule has 2 N–H and O–H groups in total. The van der Waals surface area contributed by atoms with Gasteiger partial charge in [-0.1, -0.05) is 30.3 Å². The molecule has 0 spiro atoms. The topological polar surface area (TPSA) is 94.0 Å². The number of amides is 1. The fraction of sp³-hybridized carbons (Fsp3) is 0.200. The number of aromatic nitrogens is 4. The summed E-state index contributed by atoms with van der Waals surface area (Å²) in [5.41, 5.74) is 3.73. The Kier molecular flexibility index (Phi) is 6.21. The Labute approximate surface area is 220 Å². The Morgan fingerprint density at radius 1 is 0.921 bits per heavy atom. The predicted octanol–water partition coefficient (Wildman–Crippen LogP) is 6.50. The number of hydrogen-bond donors (Lipinski definition) is 2. The lowest BCUT2D eigenvalue weighted by molar-refractivity contribution is 0.0951. The van der Waals surface area contributed by atoms with Gasteiger partial charge in [-0.2, -0.15) is 0 Å². The SMILES string of the molecule is CC(C)n1cnc2c(Nc3ccc(Oc4ccccc4)cc3)nc(-c3ccc(C(=O)NC4CC4)cc3)nc21. The van der Waals surface area contributed by atoms with E-state index in [4.69, 9.17) is 14.7 Å². The van der Waals surface area contributed by atoms with Gasteiger partial charge in [0.15, 0.2) is 22.8 Å². The molecule has 8 nitrogen and oxygen atoms in total. The Bertz CT molecular complexity index is 1570. The summed E-state index contributed by atoms with van der Waals surface area (Å²) in [6.07, 6.45) is 3.90. The van der Waals surface area contributed by atoms with Crippen molar-refractivity contribution in [1.29, 1.82) is 0 Å². The van der Waals surface area contributed by atoms with Crippen molar-refractivity contribution in [2.75, 3.05) is 5.32 Å². The summed E-state index contributed by atoms with van der Waals surface area (Å²) in [6, 6.07) is 25.3. The molecule has 0 saturated heterocycles. The number of fused-ring (bicyclic) bond motifs is 1. The van der Waals surface area contributed by atoms with Crippen LogP contribution in [0.25, 0.3) is 22.6 Å². The largest absolute Gasteiger partial charge is 0.457 e. The third-order valence-electron chi connectivity index (χ3n) is 6.39. The molecule has 0 atom stereocenters. The number of benzene rings is 3. The number of carbonyl (C=O) groups excluding carboxylic acids is 1. The molecule has 1 aliphatic carbocycles. The molecule has 1 saturated carbocycles. The molecule has 2 aromatic heterocycles. The fourth-order valence-corrected chi connectivity index (χ4v) is 4.15. The van der Waals surface area contributed by atoms with Gasteiger partial charge in [-0.3, -0.25) is 4.79 Å². The van der Waals surface area contributed by atoms with Crippen molar-refractivity contribution >= 4 is 28.6 Å². The van der Waals surface area contributed by atoms with E-state index in [1.165, 1.54) is 0 Å². The molecular weight excluding hydrogens is 476 g/mol. The Hall–Kier alpha value is -4.72. The minimum absolute atomic E-state index is 0.0460. The van der Waals surface area contributed by atoms with Gasteiger partial charge < -0.3 is 19.9 Å². The van der Waals surface area contributed by atoms with E-state index < -0.39 is 0 Å². The van der Waals surface area contributed by atoms with E-state index in [1.54, 1.807) is 6.33 Å². The molecule has 1 aliphatic rings. The highest BCUT2D eigenvalue weighted by atomic mass is 16.5. The van der Waals surface area contributed by atoms with Gasteiger partial charge in [0.25, 0.3) is 5.91 Å². The number of para-hydroxylation sites is 1. The van der Waals surface area contributed by atoms with Gasteiger partial charge in [-0.05, 0) is 75.2 Å². The standard InChI is InChI=1S/C30H28N6O2/c1-19(2)36-18-31-26-28(32-22-14-16-25(17-15-22)38-24-6-4-3-5-7-24)34-27(35-29(26)36)20-8-10-21(11-9-20)30(37)33-23-12-13-23/h3-11,14-19,23H,12-13H2,1-2H3,(H,33,37)(H,32,34,35). The summed E-state index contributed by atoms with van der Waals surface area (Å²) < 4.78 is 7.94. The molecule has 3 aromatic carbocycles. The van der Waals surface area contributed by atoms with Gasteiger partial charge in [0.1, 0.15) is 11.5 Å². The van der Waals surface area contributed by atoms with Crippen LogP contribution in [0.1, 0.15) is 43.1 Å². The number of nitrogens with zero attached hydrogens (tertiary/aromatic N) is 4. The van der Waals surface area contributed by atoms with Crippen molar-refractivity contribution in [3.05, 3.63) is 90.8 Å². The van der Waals surface area contributed by atoms with Crippen LogP contribution in [0, 0.1) is 0 Å². The maximum atomic E-state index is 12.4. The average Bonchev–Trinajstić information content (AvgIpc) is 3.64. The zero-order chi connectivity index (χ0) is 26.1. The van der Waals surface area contributed by atoms with E-state index in [-0.39, 0.29) is 11.9 Å². The van der Waals surface area contributed by atoms with Crippen LogP contribution in [-0.4, -0.2) is 31.5 Å². The van der Waals surface area contributed by atoms with Crippen LogP contribution in [0.4, 0.5) is 11.5 Å². The average molecular weight is 505 g/mol. The lowest BCUT2D eigenvalue weighted by Crippen LogP contribution is -2.25. The summed E-state index contributed by atoms with van der Waals surface area (Å²) in [4.78, 5) is 26.7. The molecule has 1 fully saturated rings. The summed E-state index contributed by atoms with van der Waals surface area (Å²) >= 11 is 0. The Balaban J connectivity index is 1.30. The van der Waals surface area contributed by atoms with Gasteiger partial charge in [0.05, 0.1) is 6.33 Å². The van der Waals surface area contributed by atoms with Crippen LogP contribution in [-0.2, 0) is 0 Å². The van der Waals surface area contributed by atoms with Crippen molar-refractivity contribution in [3.63, 3.8) is 0 Å². The van der Waals surface area contributed by atoms with Crippen molar-refractivity contribution in [2.45, 2.75) is 38.8 Å². The molecule has 8 heteroatoms. The molecule has 2 heterocycles. The number of hydrogen-bond acceptors (Lipinski definition) is 6. The second-order valence-corrected chi connectivity index (χ2v) is 9.70. The summed E-state index contributed by atoms with van der Waals surface area (Å²) in [6.45, 7) is 4.18. The molecule has 5 aromatic rings. The van der Waals surface area contributed by atoms with Crippen molar-refractivity contribution in [2.24, 2.45) is 0 Å². The molecule has 190 valence electrons. The highest BCUT2D eigenvalue weighted by Gasteiger charge is 2.24. The second kappa shape index (κ2) is 9.97. The molecular formula is C30H28N6O2. The molecule has 38 heavy (non-hydrogen) atoms. The van der Waals surface area contributed by atoms with Crippen molar-refractivity contribution in [3.8, 4) is 22.9 Å². The van der Waals surface area contributed by atoms with Crippen LogP contribution in [0.5, 0.6) is 11.5 Å². The molecule has 0 radical (unpaired) electrons. The lowest BCUT2D eigenvalue weighted by atomic mass is 10.1. The molecule has 0 bridgehead atoms. The first-order chi connectivity index (χ1) is 18.5. The first kappa shape index (κ1) is 23.7. The molecule has 0 unspecified atom stereocenters. The van der Waals surface area contributed by atoms with E-state index in [9.17, 15) is 4.79 Å². The first-order valence-electron chi connectivity index (χ1n) is 12.8. The van der Waals surface area contributed by atoms with Crippen LogP contribution < -0.4 is 15.4 Å². The van der Waals surface area contributed by atoms with Crippen LogP contribution >= 0.6 is 0 Å². The summed E-state index contributed by atoms with van der Waals surface area (Å²) in [5, 5.41) is 6.44. The summed E-state index contributed by atoms with van der Waals surface area (Å²) in [7, 11) is 0. The Morgan fingerprint density at radius 3 is 2.32 bits per heavy atom. The van der Waals surface area contributed by atoms with Crippen LogP contribution in [0.15, 0.2) is 85.2 Å². The van der Waals surface area contributed by atoms with Crippen molar-refractivity contribution < 1.29 is 9.53 Å². The monoisotopic (exact) mass is 504 g/mol. The molecule has 6 rings (SSSR count). The van der Waals surface area contributed by atoms with E-state index >= 15 is 0 Å². The van der Waals surface area contributed by atoms with E-state index in [0.29, 0.717) is 28.8 Å². The van der Waals surface area contributed by atoms with Crippen LogP contribution in [0.3, 0.4) is 0 Å². The zero-order valence-electron chi connectivity index (χ0n) is 21.3. The van der Waals surface area contributed by atoms with E-state index in [2.05, 4.69) is 29.5 Å². The number of imidazole rings is 1. The molecule has 1 amide bonds. The number of carbonyl (C=O) groups is 1. The highest BCUT2D eigenvalue weighted by Crippen LogP contribution is 2.30. The van der Waals surface area contributed by atoms with Gasteiger partial charge in [0, 0.05) is 28.9 Å². The third-order valence-corrected chi connectivity index (χ3v) is 6.39. The van der Waals surface area contributed by atoms with Gasteiger partial charge in [0.2, 0.25) is 0 Å². The maximum Gasteiger partial charge on any atom is 0.251 e. The Morgan fingerprint density at radius 2 is 1.63 bits per heavy atom. The highest BCUT2D eigenvalue weighted by molar-refractivity contribution is 5.95. The zero-order valence-corrected chi connectivity index (χ0v) is 21.3. The minimum atomic E-state index is -0.0460. The second-order valence-electron chi connectivity index (χ2n) is 9.70. The smallest absolute Gasteiger partial charge is 0.251 e. The van der Waals surface area contributed by atoms with E-state index in [0.717, 1.165) is 41.2 Å². The third kappa shape index (κ3) is 5.06. The van der Waals surface area contributed by atoms with Crippen LogP contribution in [0.2, 0.25) is 0 Å². The number of anilines is 2. The van der Waals surface area contributed by atoms with Gasteiger partial charge >= 0.3 is 0 Å². The number of rotatable bonds is 8. The quantitative estimate of drug-likeness (QED) is 0.250. The first-order valence-corrected chi connectivity index (χ1v) is 12.8. The minimum Gasteiger partial charge on any atom is -0.457 e. The lowest BCUT2D eigenvalue weighted by Gasteiger charge is -2.12. The normalized spacial score (nSPS) is 13.0. The number of ether oxygens (including phenoxy) is 1. The fourth-order valence-electron chi connectivity index (χ4n) is 4.15.